The first-order chi connectivity index (χ1) is 7.88. The van der Waals surface area contributed by atoms with Crippen LogP contribution < -0.4 is 0 Å². The van der Waals surface area contributed by atoms with Gasteiger partial charge in [-0.05, 0) is 26.8 Å². The molecule has 96 valence electrons. The summed E-state index contributed by atoms with van der Waals surface area (Å²) in [5.41, 5.74) is -0.0540. The van der Waals surface area contributed by atoms with Crippen LogP contribution in [0.4, 0.5) is 0 Å². The molecule has 2 rings (SSSR count). The fourth-order valence-electron chi connectivity index (χ4n) is 2.16. The van der Waals surface area contributed by atoms with Gasteiger partial charge in [-0.15, -0.1) is 10.2 Å². The molecule has 0 aliphatic carbocycles. The summed E-state index contributed by atoms with van der Waals surface area (Å²) < 4.78 is 5.81. The molecular formula is C13H23N3O. The zero-order valence-corrected chi connectivity index (χ0v) is 11.5. The van der Waals surface area contributed by atoms with Gasteiger partial charge in [0, 0.05) is 18.0 Å². The Bertz CT molecular complexity index is 378. The number of rotatable bonds is 2. The van der Waals surface area contributed by atoms with E-state index in [1.165, 1.54) is 0 Å². The molecule has 1 atom stereocenters. The number of hydrogen-bond donors (Lipinski definition) is 0. The Morgan fingerprint density at radius 1 is 1.29 bits per heavy atom. The lowest BCUT2D eigenvalue weighted by atomic mass is 9.97. The van der Waals surface area contributed by atoms with Gasteiger partial charge in [0.05, 0.1) is 5.92 Å². The predicted molar refractivity (Wildman–Crippen MR) is 67.1 cm³/mol. The van der Waals surface area contributed by atoms with Crippen LogP contribution in [0, 0.1) is 0 Å². The van der Waals surface area contributed by atoms with E-state index in [1.54, 1.807) is 0 Å². The van der Waals surface area contributed by atoms with E-state index in [0.717, 1.165) is 31.3 Å². The Kier molecular flexibility index (Phi) is 3.25. The molecule has 0 spiro atoms. The second-order valence-corrected chi connectivity index (χ2v) is 6.27. The molecule has 1 aromatic rings. The standard InChI is InChI=1S/C13H23N3O/c1-9(2)16-7-6-10(8-16)11-14-15-12(17-11)13(3,4)5/h9-10H,6-8H2,1-5H3/t10-/m0/s1. The molecule has 0 unspecified atom stereocenters. The third-order valence-corrected chi connectivity index (χ3v) is 3.38. The fourth-order valence-corrected chi connectivity index (χ4v) is 2.16. The maximum atomic E-state index is 5.81. The first-order valence-electron chi connectivity index (χ1n) is 6.46. The van der Waals surface area contributed by atoms with Crippen molar-refractivity contribution in [2.45, 2.75) is 58.4 Å². The molecule has 0 bridgehead atoms. The maximum absolute atomic E-state index is 5.81. The smallest absolute Gasteiger partial charge is 0.221 e. The van der Waals surface area contributed by atoms with Crippen molar-refractivity contribution in [3.8, 4) is 0 Å². The molecule has 0 saturated carbocycles. The molecule has 1 aromatic heterocycles. The summed E-state index contributed by atoms with van der Waals surface area (Å²) in [6, 6.07) is 0.602. The second kappa shape index (κ2) is 4.41. The van der Waals surface area contributed by atoms with Crippen LogP contribution in [0.2, 0.25) is 0 Å². The fraction of sp³-hybridized carbons (Fsp3) is 0.846. The van der Waals surface area contributed by atoms with Gasteiger partial charge in [-0.3, -0.25) is 0 Å². The number of hydrogen-bond acceptors (Lipinski definition) is 4. The third kappa shape index (κ3) is 2.68. The number of aromatic nitrogens is 2. The summed E-state index contributed by atoms with van der Waals surface area (Å²) in [7, 11) is 0. The summed E-state index contributed by atoms with van der Waals surface area (Å²) in [5.74, 6) is 1.98. The summed E-state index contributed by atoms with van der Waals surface area (Å²) in [5, 5.41) is 8.38. The lowest BCUT2D eigenvalue weighted by Gasteiger charge is -2.19. The second-order valence-electron chi connectivity index (χ2n) is 6.27. The SMILES string of the molecule is CC(C)N1CC[C@H](c2nnc(C(C)(C)C)o2)C1. The Balaban J connectivity index is 2.07. The minimum Gasteiger partial charge on any atom is -0.424 e. The van der Waals surface area contributed by atoms with Gasteiger partial charge in [-0.2, -0.15) is 0 Å². The summed E-state index contributed by atoms with van der Waals surface area (Å²) in [6.45, 7) is 12.9. The van der Waals surface area contributed by atoms with E-state index >= 15 is 0 Å². The van der Waals surface area contributed by atoms with Gasteiger partial charge in [-0.1, -0.05) is 20.8 Å². The van der Waals surface area contributed by atoms with Crippen molar-refractivity contribution in [1.82, 2.24) is 15.1 Å². The Morgan fingerprint density at radius 3 is 2.47 bits per heavy atom. The molecule has 4 nitrogen and oxygen atoms in total. The van der Waals surface area contributed by atoms with Crippen molar-refractivity contribution in [2.24, 2.45) is 0 Å². The molecule has 1 aliphatic heterocycles. The molecule has 2 heterocycles. The monoisotopic (exact) mass is 237 g/mol. The minimum atomic E-state index is -0.0540. The lowest BCUT2D eigenvalue weighted by Crippen LogP contribution is -2.27. The average molecular weight is 237 g/mol. The summed E-state index contributed by atoms with van der Waals surface area (Å²) in [4.78, 5) is 2.46. The largest absolute Gasteiger partial charge is 0.424 e. The topological polar surface area (TPSA) is 42.2 Å². The quantitative estimate of drug-likeness (QED) is 0.793. The zero-order chi connectivity index (χ0) is 12.6. The van der Waals surface area contributed by atoms with E-state index < -0.39 is 0 Å². The molecule has 1 fully saturated rings. The molecular weight excluding hydrogens is 214 g/mol. The van der Waals surface area contributed by atoms with Crippen LogP contribution in [-0.4, -0.2) is 34.2 Å². The predicted octanol–water partition coefficient (Wildman–Crippen LogP) is 2.56. The van der Waals surface area contributed by atoms with Crippen molar-refractivity contribution < 1.29 is 4.42 Å². The molecule has 0 N–H and O–H groups in total. The van der Waals surface area contributed by atoms with Crippen molar-refractivity contribution in [1.29, 1.82) is 0 Å². The highest BCUT2D eigenvalue weighted by Crippen LogP contribution is 2.29. The van der Waals surface area contributed by atoms with Gasteiger partial charge in [0.25, 0.3) is 0 Å². The van der Waals surface area contributed by atoms with Crippen LogP contribution in [-0.2, 0) is 5.41 Å². The molecule has 0 amide bonds. The Morgan fingerprint density at radius 2 is 2.00 bits per heavy atom. The molecule has 0 aromatic carbocycles. The van der Waals surface area contributed by atoms with Gasteiger partial charge >= 0.3 is 0 Å². The normalized spacial score (nSPS) is 22.6. The van der Waals surface area contributed by atoms with Crippen molar-refractivity contribution >= 4 is 0 Å². The third-order valence-electron chi connectivity index (χ3n) is 3.38. The average Bonchev–Trinajstić information content (AvgIpc) is 2.85. The maximum Gasteiger partial charge on any atom is 0.221 e. The van der Waals surface area contributed by atoms with Gasteiger partial charge in [-0.25, -0.2) is 0 Å². The molecule has 0 radical (unpaired) electrons. The highest BCUT2D eigenvalue weighted by Gasteiger charge is 2.31. The van der Waals surface area contributed by atoms with Crippen LogP contribution in [0.25, 0.3) is 0 Å². The minimum absolute atomic E-state index is 0.0540. The molecule has 4 heteroatoms. The first kappa shape index (κ1) is 12.6. The van der Waals surface area contributed by atoms with Crippen LogP contribution in [0.1, 0.15) is 58.7 Å². The van der Waals surface area contributed by atoms with Crippen molar-refractivity contribution in [3.05, 3.63) is 11.8 Å². The Labute approximate surface area is 103 Å². The number of likely N-dealkylation sites (tertiary alicyclic amines) is 1. The lowest BCUT2D eigenvalue weighted by molar-refractivity contribution is 0.266. The van der Waals surface area contributed by atoms with E-state index in [1.807, 2.05) is 0 Å². The van der Waals surface area contributed by atoms with Gasteiger partial charge in [0.2, 0.25) is 11.8 Å². The van der Waals surface area contributed by atoms with E-state index in [9.17, 15) is 0 Å². The van der Waals surface area contributed by atoms with Crippen molar-refractivity contribution in [3.63, 3.8) is 0 Å². The highest BCUT2D eigenvalue weighted by molar-refractivity contribution is 5.02. The van der Waals surface area contributed by atoms with Gasteiger partial charge in [0.15, 0.2) is 0 Å². The Hall–Kier alpha value is -0.900. The highest BCUT2D eigenvalue weighted by atomic mass is 16.4. The summed E-state index contributed by atoms with van der Waals surface area (Å²) >= 11 is 0. The zero-order valence-electron chi connectivity index (χ0n) is 11.5. The van der Waals surface area contributed by atoms with Crippen LogP contribution >= 0.6 is 0 Å². The first-order valence-corrected chi connectivity index (χ1v) is 6.46. The van der Waals surface area contributed by atoms with Gasteiger partial charge < -0.3 is 9.32 Å². The van der Waals surface area contributed by atoms with Gasteiger partial charge in [0.1, 0.15) is 0 Å². The van der Waals surface area contributed by atoms with Crippen LogP contribution in [0.3, 0.4) is 0 Å². The molecule has 1 saturated heterocycles. The van der Waals surface area contributed by atoms with E-state index in [0.29, 0.717) is 12.0 Å². The van der Waals surface area contributed by atoms with Crippen molar-refractivity contribution in [2.75, 3.05) is 13.1 Å². The van der Waals surface area contributed by atoms with E-state index in [2.05, 4.69) is 49.7 Å². The van der Waals surface area contributed by atoms with Crippen LogP contribution in [0.15, 0.2) is 4.42 Å². The number of nitrogens with zero attached hydrogens (tertiary/aromatic N) is 3. The van der Waals surface area contributed by atoms with Crippen LogP contribution in [0.5, 0.6) is 0 Å². The molecule has 17 heavy (non-hydrogen) atoms. The molecule has 1 aliphatic rings. The van der Waals surface area contributed by atoms with E-state index in [4.69, 9.17) is 4.42 Å². The van der Waals surface area contributed by atoms with E-state index in [-0.39, 0.29) is 5.41 Å². The summed E-state index contributed by atoms with van der Waals surface area (Å²) in [6.07, 6.45) is 1.13.